The fourth-order valence-electron chi connectivity index (χ4n) is 6.53. The van der Waals surface area contributed by atoms with Crippen LogP contribution in [0.4, 0.5) is 0 Å². The third-order valence-electron chi connectivity index (χ3n) is 8.34. The van der Waals surface area contributed by atoms with Gasteiger partial charge in [0.1, 0.15) is 23.0 Å². The summed E-state index contributed by atoms with van der Waals surface area (Å²) in [6.45, 7) is 10.1. The van der Waals surface area contributed by atoms with Gasteiger partial charge in [0.05, 0.1) is 37.4 Å². The Labute approximate surface area is 239 Å². The molecule has 1 aromatic carbocycles. The van der Waals surface area contributed by atoms with Crippen LogP contribution in [0.3, 0.4) is 0 Å². The van der Waals surface area contributed by atoms with Crippen molar-refractivity contribution in [1.82, 2.24) is 9.88 Å². The summed E-state index contributed by atoms with van der Waals surface area (Å²) in [6, 6.07) is 6.33. The number of amides is 1. The van der Waals surface area contributed by atoms with E-state index in [1.165, 1.54) is 13.2 Å². The number of likely N-dealkylation sites (N-methyl/N-ethyl adjacent to an activating group) is 1. The monoisotopic (exact) mass is 560 g/mol. The lowest BCUT2D eigenvalue weighted by atomic mass is 9.68. The van der Waals surface area contributed by atoms with Gasteiger partial charge in [-0.25, -0.2) is 9.78 Å². The second-order valence-electron chi connectivity index (χ2n) is 12.1. The molecule has 9 heteroatoms. The van der Waals surface area contributed by atoms with Crippen LogP contribution in [0, 0.1) is 18.3 Å². The first-order valence-corrected chi connectivity index (χ1v) is 13.7. The number of benzene rings is 1. The molecular formula is C32H36N2O7. The minimum Gasteiger partial charge on any atom is -0.497 e. The molecule has 1 amide bonds. The molecule has 1 aromatic heterocycles. The Kier molecular flexibility index (Phi) is 6.96. The van der Waals surface area contributed by atoms with Crippen molar-refractivity contribution >= 4 is 17.7 Å². The number of hydrogen-bond donors (Lipinski definition) is 1. The first-order valence-electron chi connectivity index (χ1n) is 13.7. The lowest BCUT2D eigenvalue weighted by molar-refractivity contribution is -0.126. The van der Waals surface area contributed by atoms with E-state index in [0.717, 1.165) is 0 Å². The molecule has 2 aromatic rings. The maximum atomic E-state index is 13.9. The van der Waals surface area contributed by atoms with Crippen LogP contribution < -0.4 is 9.47 Å². The van der Waals surface area contributed by atoms with Crippen LogP contribution in [-0.4, -0.2) is 60.0 Å². The van der Waals surface area contributed by atoms with Crippen molar-refractivity contribution in [3.63, 3.8) is 0 Å². The highest BCUT2D eigenvalue weighted by Crippen LogP contribution is 2.55. The number of carboxylic acids is 1. The van der Waals surface area contributed by atoms with E-state index in [4.69, 9.17) is 14.2 Å². The number of ether oxygens (including phenoxy) is 3. The number of allylic oxidation sites excluding steroid dienone is 2. The van der Waals surface area contributed by atoms with Gasteiger partial charge < -0.3 is 24.2 Å². The lowest BCUT2D eigenvalue weighted by Gasteiger charge is -2.39. The van der Waals surface area contributed by atoms with Gasteiger partial charge >= 0.3 is 5.97 Å². The molecule has 0 spiro atoms. The number of rotatable bonds is 6. The van der Waals surface area contributed by atoms with Crippen molar-refractivity contribution in [1.29, 1.82) is 0 Å². The van der Waals surface area contributed by atoms with E-state index in [0.29, 0.717) is 69.4 Å². The second kappa shape index (κ2) is 10.0. The van der Waals surface area contributed by atoms with Gasteiger partial charge in [0.2, 0.25) is 0 Å². The lowest BCUT2D eigenvalue weighted by Crippen LogP contribution is -2.36. The molecule has 0 saturated heterocycles. The Balaban J connectivity index is 1.82. The van der Waals surface area contributed by atoms with Crippen LogP contribution in [-0.2, 0) is 14.3 Å². The molecule has 0 unspecified atom stereocenters. The van der Waals surface area contributed by atoms with Crippen LogP contribution in [0.25, 0.3) is 11.3 Å². The van der Waals surface area contributed by atoms with Crippen LogP contribution in [0.5, 0.6) is 11.5 Å². The minimum atomic E-state index is -1.18. The molecule has 41 heavy (non-hydrogen) atoms. The largest absolute Gasteiger partial charge is 0.497 e. The number of pyridine rings is 1. The zero-order valence-electron chi connectivity index (χ0n) is 24.7. The highest BCUT2D eigenvalue weighted by Gasteiger charge is 2.52. The number of carbonyl (C=O) groups is 3. The van der Waals surface area contributed by atoms with E-state index in [1.807, 2.05) is 34.6 Å². The van der Waals surface area contributed by atoms with Crippen molar-refractivity contribution in [3.05, 3.63) is 63.8 Å². The van der Waals surface area contributed by atoms with Crippen LogP contribution >= 0.6 is 0 Å². The van der Waals surface area contributed by atoms with Crippen molar-refractivity contribution in [2.75, 3.05) is 21.3 Å². The van der Waals surface area contributed by atoms with Gasteiger partial charge in [0.25, 0.3) is 5.91 Å². The SMILES string of the molecule is COc1cc(C(=O)O)nc(-c2ccc(OC)c([C@H]3C4=C(CC(C)(C)CC4=O)OC4=C3C(=O)N(C)[C@@H]4C(C)C)c2C)c1. The summed E-state index contributed by atoms with van der Waals surface area (Å²) in [5.74, 6) is -0.0126. The summed E-state index contributed by atoms with van der Waals surface area (Å²) in [6.07, 6.45) is 0.886. The van der Waals surface area contributed by atoms with Crippen LogP contribution in [0.2, 0.25) is 0 Å². The Morgan fingerprint density at radius 3 is 2.44 bits per heavy atom. The van der Waals surface area contributed by atoms with Crippen molar-refractivity contribution in [2.45, 2.75) is 59.4 Å². The van der Waals surface area contributed by atoms with Crippen LogP contribution in [0.1, 0.15) is 68.1 Å². The molecule has 2 aliphatic heterocycles. The van der Waals surface area contributed by atoms with Gasteiger partial charge in [-0.3, -0.25) is 9.59 Å². The number of carbonyl (C=O) groups excluding carboxylic acids is 2. The molecule has 0 saturated carbocycles. The normalized spacial score (nSPS) is 21.6. The highest BCUT2D eigenvalue weighted by atomic mass is 16.5. The Hall–Kier alpha value is -4.14. The van der Waals surface area contributed by atoms with Gasteiger partial charge in [-0.15, -0.1) is 0 Å². The fourth-order valence-corrected chi connectivity index (χ4v) is 6.53. The maximum Gasteiger partial charge on any atom is 0.354 e. The summed E-state index contributed by atoms with van der Waals surface area (Å²) >= 11 is 0. The number of ketones is 1. The summed E-state index contributed by atoms with van der Waals surface area (Å²) in [4.78, 5) is 45.7. The quantitative estimate of drug-likeness (QED) is 0.508. The van der Waals surface area contributed by atoms with E-state index >= 15 is 0 Å². The number of Topliss-reactive ketones (excluding diaryl/α,β-unsaturated/α-hetero) is 1. The number of hydrogen-bond acceptors (Lipinski definition) is 7. The Bertz CT molecular complexity index is 1550. The predicted octanol–water partition coefficient (Wildman–Crippen LogP) is 5.28. The number of nitrogens with zero attached hydrogens (tertiary/aromatic N) is 2. The van der Waals surface area contributed by atoms with E-state index in [2.05, 4.69) is 4.98 Å². The van der Waals surface area contributed by atoms with Crippen molar-refractivity contribution in [2.24, 2.45) is 11.3 Å². The molecule has 5 rings (SSSR count). The van der Waals surface area contributed by atoms with Crippen LogP contribution in [0.15, 0.2) is 46.9 Å². The van der Waals surface area contributed by atoms with Gasteiger partial charge in [-0.2, -0.15) is 0 Å². The Morgan fingerprint density at radius 2 is 1.83 bits per heavy atom. The molecule has 1 aliphatic carbocycles. The Morgan fingerprint density at radius 1 is 1.12 bits per heavy atom. The van der Waals surface area contributed by atoms with Crippen molar-refractivity contribution in [3.8, 4) is 22.8 Å². The molecule has 0 radical (unpaired) electrons. The van der Waals surface area contributed by atoms with E-state index < -0.39 is 11.9 Å². The number of methoxy groups -OCH3 is 2. The molecule has 0 bridgehead atoms. The first kappa shape index (κ1) is 28.4. The zero-order chi connectivity index (χ0) is 30.0. The second-order valence-corrected chi connectivity index (χ2v) is 12.1. The topological polar surface area (TPSA) is 115 Å². The first-order chi connectivity index (χ1) is 19.3. The number of aromatic nitrogens is 1. The molecule has 2 atom stereocenters. The van der Waals surface area contributed by atoms with Gasteiger partial charge in [-0.05, 0) is 36.0 Å². The third kappa shape index (κ3) is 4.57. The summed E-state index contributed by atoms with van der Waals surface area (Å²) in [5.41, 5.74) is 2.89. The number of carboxylic acid groups (broad SMARTS) is 1. The third-order valence-corrected chi connectivity index (χ3v) is 8.34. The van der Waals surface area contributed by atoms with E-state index in [9.17, 15) is 19.5 Å². The zero-order valence-corrected chi connectivity index (χ0v) is 24.7. The molecule has 3 aliphatic rings. The highest BCUT2D eigenvalue weighted by molar-refractivity contribution is 6.07. The molecule has 0 fully saturated rings. The smallest absolute Gasteiger partial charge is 0.354 e. The van der Waals surface area contributed by atoms with Crippen molar-refractivity contribution < 1.29 is 33.7 Å². The van der Waals surface area contributed by atoms with E-state index in [1.54, 1.807) is 37.3 Å². The average molecular weight is 561 g/mol. The summed E-state index contributed by atoms with van der Waals surface area (Å²) in [5, 5.41) is 9.67. The van der Waals surface area contributed by atoms with Gasteiger partial charge in [-0.1, -0.05) is 27.7 Å². The molecule has 9 nitrogen and oxygen atoms in total. The number of aromatic carboxylic acids is 1. The minimum absolute atomic E-state index is 0.0595. The maximum absolute atomic E-state index is 13.9. The molecule has 1 N–H and O–H groups in total. The molecule has 216 valence electrons. The molecule has 3 heterocycles. The summed E-state index contributed by atoms with van der Waals surface area (Å²) < 4.78 is 17.8. The van der Waals surface area contributed by atoms with Gasteiger partial charge in [0.15, 0.2) is 11.5 Å². The predicted molar refractivity (Wildman–Crippen MR) is 152 cm³/mol. The summed E-state index contributed by atoms with van der Waals surface area (Å²) in [7, 11) is 4.79. The van der Waals surface area contributed by atoms with Gasteiger partial charge in [0, 0.05) is 48.7 Å². The standard InChI is InChI=1S/C32H36N2O7/c1-15(2)28-29-27(30(36)34(28)6)26(25-21(35)13-32(4,5)14-23(25)41-29)24-16(3)18(9-10-22(24)40-8)19-11-17(39-7)12-20(33-19)31(37)38/h9-12,15,26,28H,13-14H2,1-8H3,(H,37,38)/t26-,28+/m0/s1. The van der Waals surface area contributed by atoms with E-state index in [-0.39, 0.29) is 34.8 Å². The molecular weight excluding hydrogens is 524 g/mol. The average Bonchev–Trinajstić information content (AvgIpc) is 3.15. The fraction of sp³-hybridized carbons (Fsp3) is 0.438.